The summed E-state index contributed by atoms with van der Waals surface area (Å²) in [4.78, 5) is 57.7. The van der Waals surface area contributed by atoms with Crippen LogP contribution in [0.2, 0.25) is 0 Å². The van der Waals surface area contributed by atoms with Gasteiger partial charge in [-0.2, -0.15) is 0 Å². The maximum absolute atomic E-state index is 11.8. The van der Waals surface area contributed by atoms with Crippen LogP contribution >= 0.6 is 0 Å². The van der Waals surface area contributed by atoms with Crippen molar-refractivity contribution in [2.24, 2.45) is 0 Å². The molecular formula is C22H32O16. The third kappa shape index (κ3) is 8.57. The Kier molecular flexibility index (Phi) is 11.4. The predicted molar refractivity (Wildman–Crippen MR) is 116 cm³/mol. The van der Waals surface area contributed by atoms with Crippen molar-refractivity contribution in [3.63, 3.8) is 0 Å². The highest BCUT2D eigenvalue weighted by Crippen LogP contribution is 2.32. The van der Waals surface area contributed by atoms with Crippen molar-refractivity contribution in [3.05, 3.63) is 0 Å². The molecule has 2 aliphatic heterocycles. The SMILES string of the molecule is CC(=O)OCC1O[C@@H](O[C@H]2C(O)C(OC(C)=O)C(O)O[C@H]2COC(C)=O)[C@@H](OC(C)=O)C(O)[C@H]1OC(C)=O. The van der Waals surface area contributed by atoms with E-state index in [9.17, 15) is 39.3 Å². The van der Waals surface area contributed by atoms with Gasteiger partial charge < -0.3 is 53.2 Å². The Morgan fingerprint density at radius 1 is 0.579 bits per heavy atom. The van der Waals surface area contributed by atoms with Crippen LogP contribution in [0.4, 0.5) is 0 Å². The largest absolute Gasteiger partial charge is 0.463 e. The zero-order chi connectivity index (χ0) is 28.7. The minimum Gasteiger partial charge on any atom is -0.463 e. The molecule has 0 saturated carbocycles. The maximum Gasteiger partial charge on any atom is 0.303 e. The number of esters is 5. The van der Waals surface area contributed by atoms with E-state index in [4.69, 9.17) is 37.9 Å². The van der Waals surface area contributed by atoms with Crippen molar-refractivity contribution >= 4 is 29.8 Å². The van der Waals surface area contributed by atoms with Crippen LogP contribution in [0.1, 0.15) is 34.6 Å². The summed E-state index contributed by atoms with van der Waals surface area (Å²) in [6.45, 7) is 4.23. The molecule has 0 spiro atoms. The number of carbonyl (C=O) groups is 5. The lowest BCUT2D eigenvalue weighted by molar-refractivity contribution is -0.356. The van der Waals surface area contributed by atoms with Gasteiger partial charge in [-0.1, -0.05) is 0 Å². The molecule has 2 rings (SSSR count). The number of hydrogen-bond acceptors (Lipinski definition) is 16. The molecule has 16 nitrogen and oxygen atoms in total. The monoisotopic (exact) mass is 552 g/mol. The molecule has 2 aliphatic rings. The van der Waals surface area contributed by atoms with Gasteiger partial charge in [0.2, 0.25) is 0 Å². The summed E-state index contributed by atoms with van der Waals surface area (Å²) in [5, 5.41) is 32.1. The van der Waals surface area contributed by atoms with E-state index in [1.54, 1.807) is 0 Å². The molecular weight excluding hydrogens is 520 g/mol. The molecule has 0 radical (unpaired) electrons. The number of hydrogen-bond donors (Lipinski definition) is 3. The van der Waals surface area contributed by atoms with Gasteiger partial charge in [0.15, 0.2) is 30.9 Å². The lowest BCUT2D eigenvalue weighted by atomic mass is 9.96. The van der Waals surface area contributed by atoms with Crippen molar-refractivity contribution in [3.8, 4) is 0 Å². The van der Waals surface area contributed by atoms with Crippen molar-refractivity contribution in [2.45, 2.75) is 96.0 Å². The van der Waals surface area contributed by atoms with Crippen LogP contribution in [0, 0.1) is 0 Å². The number of rotatable bonds is 9. The fourth-order valence-electron chi connectivity index (χ4n) is 3.88. The molecule has 216 valence electrons. The normalized spacial score (nSPS) is 34.9. The van der Waals surface area contributed by atoms with Gasteiger partial charge in [-0.3, -0.25) is 24.0 Å². The first-order valence-corrected chi connectivity index (χ1v) is 11.5. The van der Waals surface area contributed by atoms with Crippen LogP contribution in [-0.4, -0.2) is 120 Å². The first kappa shape index (κ1) is 31.3. The highest BCUT2D eigenvalue weighted by atomic mass is 16.7. The molecule has 2 heterocycles. The second-order valence-corrected chi connectivity index (χ2v) is 8.52. The molecule has 5 unspecified atom stereocenters. The Hall–Kier alpha value is -2.89. The van der Waals surface area contributed by atoms with E-state index < -0.39 is 104 Å². The summed E-state index contributed by atoms with van der Waals surface area (Å²) in [6.07, 6.45) is -16.2. The van der Waals surface area contributed by atoms with Crippen molar-refractivity contribution in [1.82, 2.24) is 0 Å². The average Bonchev–Trinajstić information content (AvgIpc) is 2.79. The fourth-order valence-corrected chi connectivity index (χ4v) is 3.88. The second kappa shape index (κ2) is 13.8. The highest BCUT2D eigenvalue weighted by molar-refractivity contribution is 5.67. The molecule has 0 amide bonds. The molecule has 38 heavy (non-hydrogen) atoms. The fraction of sp³-hybridized carbons (Fsp3) is 0.773. The highest BCUT2D eigenvalue weighted by Gasteiger charge is 2.54. The third-order valence-electron chi connectivity index (χ3n) is 5.35. The van der Waals surface area contributed by atoms with E-state index in [-0.39, 0.29) is 0 Å². The van der Waals surface area contributed by atoms with E-state index in [1.165, 1.54) is 0 Å². The maximum atomic E-state index is 11.8. The zero-order valence-corrected chi connectivity index (χ0v) is 21.3. The summed E-state index contributed by atoms with van der Waals surface area (Å²) in [5.41, 5.74) is 0. The Morgan fingerprint density at radius 3 is 1.47 bits per heavy atom. The Balaban J connectivity index is 2.42. The van der Waals surface area contributed by atoms with Crippen LogP contribution in [0.25, 0.3) is 0 Å². The molecule has 0 aliphatic carbocycles. The molecule has 16 heteroatoms. The van der Waals surface area contributed by atoms with Crippen molar-refractivity contribution in [1.29, 1.82) is 0 Å². The number of ether oxygens (including phenoxy) is 8. The molecule has 0 aromatic heterocycles. The molecule has 0 bridgehead atoms. The summed E-state index contributed by atoms with van der Waals surface area (Å²) in [6, 6.07) is 0. The van der Waals surface area contributed by atoms with Gasteiger partial charge in [0.25, 0.3) is 0 Å². The molecule has 10 atom stereocenters. The average molecular weight is 552 g/mol. The Labute approximate surface area is 216 Å². The first-order chi connectivity index (χ1) is 17.7. The minimum atomic E-state index is -1.85. The number of aliphatic hydroxyl groups excluding tert-OH is 3. The van der Waals surface area contributed by atoms with E-state index in [0.717, 1.165) is 34.6 Å². The van der Waals surface area contributed by atoms with Crippen LogP contribution in [0.3, 0.4) is 0 Å². The summed E-state index contributed by atoms with van der Waals surface area (Å²) < 4.78 is 41.9. The Bertz CT molecular complexity index is 871. The second-order valence-electron chi connectivity index (χ2n) is 8.52. The quantitative estimate of drug-likeness (QED) is 0.198. The zero-order valence-electron chi connectivity index (χ0n) is 21.3. The van der Waals surface area contributed by atoms with Crippen LogP contribution < -0.4 is 0 Å². The smallest absolute Gasteiger partial charge is 0.303 e. The van der Waals surface area contributed by atoms with E-state index in [2.05, 4.69) is 0 Å². The van der Waals surface area contributed by atoms with Crippen LogP contribution in [-0.2, 0) is 61.9 Å². The predicted octanol–water partition coefficient (Wildman–Crippen LogP) is -2.54. The van der Waals surface area contributed by atoms with E-state index in [0.29, 0.717) is 0 Å². The molecule has 0 aromatic rings. The van der Waals surface area contributed by atoms with Crippen LogP contribution in [0.15, 0.2) is 0 Å². The van der Waals surface area contributed by atoms with Crippen molar-refractivity contribution < 1.29 is 77.2 Å². The molecule has 2 saturated heterocycles. The van der Waals surface area contributed by atoms with Gasteiger partial charge in [0, 0.05) is 34.6 Å². The first-order valence-electron chi connectivity index (χ1n) is 11.5. The lowest BCUT2D eigenvalue weighted by Gasteiger charge is -2.47. The molecule has 3 N–H and O–H groups in total. The van der Waals surface area contributed by atoms with Crippen LogP contribution in [0.5, 0.6) is 0 Å². The topological polar surface area (TPSA) is 220 Å². The van der Waals surface area contributed by atoms with Gasteiger partial charge in [0.1, 0.15) is 43.7 Å². The summed E-state index contributed by atoms with van der Waals surface area (Å²) in [7, 11) is 0. The molecule has 0 aromatic carbocycles. The van der Waals surface area contributed by atoms with Gasteiger partial charge in [-0.05, 0) is 0 Å². The van der Waals surface area contributed by atoms with E-state index >= 15 is 0 Å². The summed E-state index contributed by atoms with van der Waals surface area (Å²) >= 11 is 0. The van der Waals surface area contributed by atoms with Gasteiger partial charge >= 0.3 is 29.8 Å². The van der Waals surface area contributed by atoms with Gasteiger partial charge in [0.05, 0.1) is 0 Å². The summed E-state index contributed by atoms with van der Waals surface area (Å²) in [5.74, 6) is -4.05. The standard InChI is InChI=1S/C22H32O16/c1-8(23)31-6-13-18(15(28)19(21(30)36-13)34-11(4)26)38-22-20(35-12(5)27)16(29)17(33-10(3)25)14(37-22)7-32-9(2)24/h13-22,28-30H,6-7H2,1-5H3/t13-,14?,15?,16?,17-,18+,19?,20-,21?,22-/m0/s1. The van der Waals surface area contributed by atoms with Crippen molar-refractivity contribution in [2.75, 3.05) is 13.2 Å². The Morgan fingerprint density at radius 2 is 1.00 bits per heavy atom. The van der Waals surface area contributed by atoms with Gasteiger partial charge in [-0.25, -0.2) is 0 Å². The lowest BCUT2D eigenvalue weighted by Crippen LogP contribution is -2.66. The number of aliphatic hydroxyl groups is 3. The minimum absolute atomic E-state index is 0.521. The van der Waals surface area contributed by atoms with Gasteiger partial charge in [-0.15, -0.1) is 0 Å². The number of carbonyl (C=O) groups excluding carboxylic acids is 5. The molecule has 2 fully saturated rings. The third-order valence-corrected chi connectivity index (χ3v) is 5.35. The van der Waals surface area contributed by atoms with E-state index in [1.807, 2.05) is 0 Å².